The molecule has 8 nitrogen and oxygen atoms in total. The maximum Gasteiger partial charge on any atom is 0.414 e. The summed E-state index contributed by atoms with van der Waals surface area (Å²) in [6, 6.07) is 9.21. The Labute approximate surface area is 164 Å². The van der Waals surface area contributed by atoms with E-state index in [1.54, 1.807) is 29.2 Å². The maximum absolute atomic E-state index is 12.3. The zero-order chi connectivity index (χ0) is 20.1. The molecule has 2 saturated heterocycles. The zero-order valence-corrected chi connectivity index (χ0v) is 15.9. The smallest absolute Gasteiger partial charge is 0.414 e. The van der Waals surface area contributed by atoms with Crippen molar-refractivity contribution in [2.24, 2.45) is 0 Å². The number of carboxylic acid groups (broad SMARTS) is 1. The molecule has 2 aliphatic heterocycles. The van der Waals surface area contributed by atoms with Crippen LogP contribution in [0.5, 0.6) is 0 Å². The van der Waals surface area contributed by atoms with Crippen LogP contribution in [0.4, 0.5) is 10.5 Å². The highest BCUT2D eigenvalue weighted by Gasteiger charge is 2.36. The molecule has 2 aliphatic rings. The number of benzene rings is 1. The van der Waals surface area contributed by atoms with Crippen LogP contribution in [-0.4, -0.2) is 66.6 Å². The summed E-state index contributed by atoms with van der Waals surface area (Å²) < 4.78 is 11.0. The minimum atomic E-state index is -0.948. The molecule has 28 heavy (non-hydrogen) atoms. The van der Waals surface area contributed by atoms with Gasteiger partial charge in [-0.1, -0.05) is 6.92 Å². The number of anilines is 1. The Morgan fingerprint density at radius 3 is 2.79 bits per heavy atom. The van der Waals surface area contributed by atoms with Gasteiger partial charge in [-0.05, 0) is 43.5 Å². The number of hydrogen-bond acceptors (Lipinski definition) is 6. The topological polar surface area (TPSA) is 103 Å². The van der Waals surface area contributed by atoms with Gasteiger partial charge in [0.1, 0.15) is 12.7 Å². The summed E-state index contributed by atoms with van der Waals surface area (Å²) in [7, 11) is 0. The van der Waals surface area contributed by atoms with Gasteiger partial charge in [0.25, 0.3) is 0 Å². The Morgan fingerprint density at radius 1 is 1.39 bits per heavy atom. The fourth-order valence-electron chi connectivity index (χ4n) is 3.87. The van der Waals surface area contributed by atoms with Gasteiger partial charge in [0.2, 0.25) is 0 Å². The van der Waals surface area contributed by atoms with Gasteiger partial charge >= 0.3 is 12.1 Å². The molecular weight excluding hydrogens is 362 g/mol. The van der Waals surface area contributed by atoms with Gasteiger partial charge in [-0.15, -0.1) is 0 Å². The lowest BCUT2D eigenvalue weighted by molar-refractivity contribution is -0.146. The quantitative estimate of drug-likeness (QED) is 0.765. The first-order valence-electron chi connectivity index (χ1n) is 9.56. The number of cyclic esters (lactones) is 1. The minimum absolute atomic E-state index is 0.0430. The van der Waals surface area contributed by atoms with E-state index < -0.39 is 5.97 Å². The molecule has 1 amide bonds. The van der Waals surface area contributed by atoms with E-state index in [1.165, 1.54) is 0 Å². The normalized spacial score (nSPS) is 25.4. The van der Waals surface area contributed by atoms with E-state index >= 15 is 0 Å². The van der Waals surface area contributed by atoms with Crippen molar-refractivity contribution < 1.29 is 24.2 Å². The van der Waals surface area contributed by atoms with Crippen LogP contribution >= 0.6 is 0 Å². The van der Waals surface area contributed by atoms with Crippen LogP contribution in [0, 0.1) is 11.3 Å². The number of carbonyl (C=O) groups is 2. The second-order valence-electron chi connectivity index (χ2n) is 7.18. The van der Waals surface area contributed by atoms with Crippen molar-refractivity contribution in [3.63, 3.8) is 0 Å². The standard InChI is InChI=1S/C20H25N3O5/c1-2-15-9-17(27-13-19(24)25)7-8-22(15)11-18-12-23(20(26)28-18)16-5-3-14(10-21)4-6-16/h3-6,15,17-18H,2,7-9,11-13H2,1H3,(H,24,25). The van der Waals surface area contributed by atoms with Gasteiger partial charge < -0.3 is 14.6 Å². The van der Waals surface area contributed by atoms with E-state index in [2.05, 4.69) is 17.9 Å². The van der Waals surface area contributed by atoms with Gasteiger partial charge in [-0.3, -0.25) is 9.80 Å². The predicted octanol–water partition coefficient (Wildman–Crippen LogP) is 2.23. The highest BCUT2D eigenvalue weighted by atomic mass is 16.6. The number of nitrogens with zero attached hydrogens (tertiary/aromatic N) is 3. The number of amides is 1. The van der Waals surface area contributed by atoms with Crippen molar-refractivity contribution in [3.8, 4) is 6.07 Å². The Kier molecular flexibility index (Phi) is 6.49. The number of piperidine rings is 1. The van der Waals surface area contributed by atoms with Crippen molar-refractivity contribution in [2.45, 2.75) is 44.4 Å². The fraction of sp³-hybridized carbons (Fsp3) is 0.550. The summed E-state index contributed by atoms with van der Waals surface area (Å²) in [6.45, 7) is 3.73. The van der Waals surface area contributed by atoms with Gasteiger partial charge in [0.15, 0.2) is 0 Å². The van der Waals surface area contributed by atoms with Gasteiger partial charge in [-0.2, -0.15) is 5.26 Å². The largest absolute Gasteiger partial charge is 0.480 e. The van der Waals surface area contributed by atoms with Crippen LogP contribution in [-0.2, 0) is 14.3 Å². The Bertz CT molecular complexity index is 745. The molecule has 0 aliphatic carbocycles. The molecule has 0 bridgehead atoms. The van der Waals surface area contributed by atoms with E-state index in [0.29, 0.717) is 18.7 Å². The Balaban J connectivity index is 1.56. The Morgan fingerprint density at radius 2 is 2.14 bits per heavy atom. The third kappa shape index (κ3) is 4.80. The molecule has 2 fully saturated rings. The molecule has 2 heterocycles. The van der Waals surface area contributed by atoms with Crippen LogP contribution < -0.4 is 4.90 Å². The fourth-order valence-corrected chi connectivity index (χ4v) is 3.87. The molecule has 0 spiro atoms. The SMILES string of the molecule is CCC1CC(OCC(=O)O)CCN1CC1CN(c2ccc(C#N)cc2)C(=O)O1. The molecule has 0 radical (unpaired) electrons. The van der Waals surface area contributed by atoms with E-state index in [4.69, 9.17) is 19.8 Å². The minimum Gasteiger partial charge on any atom is -0.480 e. The van der Waals surface area contributed by atoms with Gasteiger partial charge in [0, 0.05) is 24.8 Å². The lowest BCUT2D eigenvalue weighted by atomic mass is 9.97. The van der Waals surface area contributed by atoms with Crippen molar-refractivity contribution in [1.29, 1.82) is 5.26 Å². The van der Waals surface area contributed by atoms with E-state index in [-0.39, 0.29) is 30.9 Å². The summed E-state index contributed by atoms with van der Waals surface area (Å²) in [6.07, 6.45) is 1.83. The summed E-state index contributed by atoms with van der Waals surface area (Å²) in [5.41, 5.74) is 1.27. The number of nitriles is 1. The van der Waals surface area contributed by atoms with Crippen LogP contribution in [0.25, 0.3) is 0 Å². The number of ether oxygens (including phenoxy) is 2. The number of rotatable bonds is 7. The van der Waals surface area contributed by atoms with Gasteiger partial charge in [0.05, 0.1) is 24.3 Å². The number of carbonyl (C=O) groups excluding carboxylic acids is 1. The van der Waals surface area contributed by atoms with Crippen molar-refractivity contribution in [3.05, 3.63) is 29.8 Å². The predicted molar refractivity (Wildman–Crippen MR) is 101 cm³/mol. The Hall–Kier alpha value is -2.63. The van der Waals surface area contributed by atoms with Crippen molar-refractivity contribution in [1.82, 2.24) is 4.90 Å². The molecule has 8 heteroatoms. The summed E-state index contributed by atoms with van der Waals surface area (Å²) in [5, 5.41) is 17.7. The zero-order valence-electron chi connectivity index (χ0n) is 15.9. The van der Waals surface area contributed by atoms with Crippen LogP contribution in [0.2, 0.25) is 0 Å². The van der Waals surface area contributed by atoms with Crippen LogP contribution in [0.3, 0.4) is 0 Å². The molecule has 150 valence electrons. The molecule has 3 atom stereocenters. The second-order valence-corrected chi connectivity index (χ2v) is 7.18. The maximum atomic E-state index is 12.3. The molecule has 0 aromatic heterocycles. The molecule has 3 unspecified atom stereocenters. The monoisotopic (exact) mass is 387 g/mol. The molecule has 1 N–H and O–H groups in total. The summed E-state index contributed by atoms with van der Waals surface area (Å²) in [5.74, 6) is -0.948. The number of aliphatic carboxylic acids is 1. The van der Waals surface area contributed by atoms with E-state index in [0.717, 1.165) is 31.5 Å². The molecule has 0 saturated carbocycles. The second kappa shape index (κ2) is 9.04. The highest BCUT2D eigenvalue weighted by molar-refractivity contribution is 5.89. The summed E-state index contributed by atoms with van der Waals surface area (Å²) >= 11 is 0. The third-order valence-electron chi connectivity index (χ3n) is 5.32. The van der Waals surface area contributed by atoms with Crippen LogP contribution in [0.15, 0.2) is 24.3 Å². The van der Waals surface area contributed by atoms with E-state index in [1.807, 2.05) is 0 Å². The first-order valence-corrected chi connectivity index (χ1v) is 9.56. The first kappa shape index (κ1) is 20.1. The van der Waals surface area contributed by atoms with Gasteiger partial charge in [-0.25, -0.2) is 9.59 Å². The third-order valence-corrected chi connectivity index (χ3v) is 5.32. The molecule has 1 aromatic carbocycles. The highest BCUT2D eigenvalue weighted by Crippen LogP contribution is 2.26. The lowest BCUT2D eigenvalue weighted by Crippen LogP contribution is -2.48. The first-order chi connectivity index (χ1) is 13.5. The summed E-state index contributed by atoms with van der Waals surface area (Å²) in [4.78, 5) is 26.9. The molecule has 3 rings (SSSR count). The van der Waals surface area contributed by atoms with Crippen molar-refractivity contribution in [2.75, 3.05) is 31.1 Å². The number of hydrogen-bond donors (Lipinski definition) is 1. The molecule has 1 aromatic rings. The lowest BCUT2D eigenvalue weighted by Gasteiger charge is -2.39. The van der Waals surface area contributed by atoms with Crippen molar-refractivity contribution >= 4 is 17.7 Å². The van der Waals surface area contributed by atoms with E-state index in [9.17, 15) is 9.59 Å². The molecular formula is C20H25N3O5. The number of carboxylic acids is 1. The average Bonchev–Trinajstić information content (AvgIpc) is 3.07. The average molecular weight is 387 g/mol. The van der Waals surface area contributed by atoms with Crippen LogP contribution in [0.1, 0.15) is 31.7 Å². The number of likely N-dealkylation sites (tertiary alicyclic amines) is 1.